The van der Waals surface area contributed by atoms with Gasteiger partial charge in [0, 0.05) is 23.7 Å². The molecule has 206 valence electrons. The third-order valence-corrected chi connectivity index (χ3v) is 14.8. The summed E-state index contributed by atoms with van der Waals surface area (Å²) in [6.07, 6.45) is 0. The van der Waals surface area contributed by atoms with Crippen LogP contribution in [0, 0.1) is 35.0 Å². The topological polar surface area (TPSA) is 0 Å². The Morgan fingerprint density at radius 3 is 0.591 bits per heavy atom. The van der Waals surface area contributed by atoms with Gasteiger partial charge in [-0.05, 0) is 72.8 Å². The minimum atomic E-state index is -2.28. The lowest BCUT2D eigenvalue weighted by molar-refractivity contribution is 1.73. The summed E-state index contributed by atoms with van der Waals surface area (Å²) in [6, 6.07) is 63.7. The largest absolute Gasteiger partial charge is 0.190 e. The average molecular weight is 597 g/mol. The van der Waals surface area contributed by atoms with E-state index in [0.29, 0.717) is 0 Å². The first-order valence-electron chi connectivity index (χ1n) is 14.5. The molecule has 0 heterocycles. The lowest BCUT2D eigenvalue weighted by Gasteiger charge is -2.20. The van der Waals surface area contributed by atoms with Crippen LogP contribution in [0.2, 0.25) is 0 Å². The summed E-state index contributed by atoms with van der Waals surface area (Å²) in [5.41, 5.74) is 7.41. The molecular formula is C42H30P2+2. The lowest BCUT2D eigenvalue weighted by Crippen LogP contribution is -2.29. The van der Waals surface area contributed by atoms with Gasteiger partial charge in [0.25, 0.3) is 0 Å². The molecule has 0 N–H and O–H groups in total. The average Bonchev–Trinajstić information content (AvgIpc) is 3.12. The van der Waals surface area contributed by atoms with Crippen molar-refractivity contribution >= 4 is 46.4 Å². The molecule has 0 aliphatic heterocycles. The Morgan fingerprint density at radius 2 is 0.409 bits per heavy atom. The first-order chi connectivity index (χ1) is 21.8. The van der Waals surface area contributed by atoms with Crippen LogP contribution in [0.1, 0.15) is 0 Å². The Bertz CT molecular complexity index is 1650. The van der Waals surface area contributed by atoms with Gasteiger partial charge in [-0.1, -0.05) is 109 Å². The van der Waals surface area contributed by atoms with E-state index >= 15 is 0 Å². The quantitative estimate of drug-likeness (QED) is 0.145. The lowest BCUT2D eigenvalue weighted by atomic mass is 10.4. The van der Waals surface area contributed by atoms with Crippen LogP contribution in [0.3, 0.4) is 0 Å². The zero-order chi connectivity index (χ0) is 29.9. The maximum absolute atomic E-state index is 3.70. The third-order valence-electron chi connectivity index (χ3n) is 7.50. The highest BCUT2D eigenvalue weighted by molar-refractivity contribution is 8.00. The fourth-order valence-corrected chi connectivity index (χ4v) is 12.2. The van der Waals surface area contributed by atoms with Crippen molar-refractivity contribution in [2.75, 3.05) is 0 Å². The first kappa shape index (κ1) is 29.0. The summed E-state index contributed by atoms with van der Waals surface area (Å²) < 4.78 is 0. The normalized spacial score (nSPS) is 10.6. The molecule has 6 aromatic rings. The molecule has 0 bridgehead atoms. The van der Waals surface area contributed by atoms with Gasteiger partial charge in [0.05, 0.1) is 0 Å². The van der Waals surface area contributed by atoms with Gasteiger partial charge in [0.2, 0.25) is 0 Å². The van der Waals surface area contributed by atoms with Crippen LogP contribution in [0.5, 0.6) is 0 Å². The van der Waals surface area contributed by atoms with Crippen molar-refractivity contribution in [3.8, 4) is 35.0 Å². The minimum Gasteiger partial charge on any atom is -0.0620 e. The second kappa shape index (κ2) is 13.9. The zero-order valence-electron chi connectivity index (χ0n) is 24.2. The standard InChI is InChI=1S/C42H30P2/c1(21-35-43(37-23-9-3-10-24-37,38-25-11-4-12-26-38)39-27-13-5-14-28-39)2-22-36-44(40-29-15-6-16-30-40,41-31-17-7-18-32-41)42-33-19-8-20-34-42/h3-20,23-34H/q+2. The summed E-state index contributed by atoms with van der Waals surface area (Å²) in [5, 5.41) is 7.25. The fourth-order valence-electron chi connectivity index (χ4n) is 5.48. The summed E-state index contributed by atoms with van der Waals surface area (Å²) >= 11 is 0. The first-order valence-corrected chi connectivity index (χ1v) is 18.1. The molecule has 6 aromatic carbocycles. The molecule has 0 nitrogen and oxygen atoms in total. The summed E-state index contributed by atoms with van der Waals surface area (Å²) in [4.78, 5) is 0. The second-order valence-corrected chi connectivity index (χ2v) is 16.3. The Hall–Kier alpha value is -5.14. The van der Waals surface area contributed by atoms with Crippen molar-refractivity contribution in [1.29, 1.82) is 0 Å². The van der Waals surface area contributed by atoms with Gasteiger partial charge in [-0.15, -0.1) is 0 Å². The van der Waals surface area contributed by atoms with Gasteiger partial charge in [-0.3, -0.25) is 0 Å². The van der Waals surface area contributed by atoms with E-state index in [9.17, 15) is 0 Å². The van der Waals surface area contributed by atoms with E-state index in [2.05, 4.69) is 217 Å². The Morgan fingerprint density at radius 1 is 0.227 bits per heavy atom. The highest BCUT2D eigenvalue weighted by Gasteiger charge is 2.45. The molecule has 0 spiro atoms. The maximum atomic E-state index is 3.70. The summed E-state index contributed by atoms with van der Waals surface area (Å²) in [5.74, 6) is 12.8. The van der Waals surface area contributed by atoms with Gasteiger partial charge >= 0.3 is 0 Å². The predicted octanol–water partition coefficient (Wildman–Crippen LogP) is 6.90. The highest BCUT2D eigenvalue weighted by atomic mass is 31.2. The van der Waals surface area contributed by atoms with Crippen LogP contribution in [-0.4, -0.2) is 0 Å². The molecule has 6 rings (SSSR count). The highest BCUT2D eigenvalue weighted by Crippen LogP contribution is 2.55. The molecular weight excluding hydrogens is 566 g/mol. The fraction of sp³-hybridized carbons (Fsp3) is 0. The monoisotopic (exact) mass is 596 g/mol. The Balaban J connectivity index is 1.50. The molecule has 0 saturated carbocycles. The minimum absolute atomic E-state index is 1.21. The van der Waals surface area contributed by atoms with Crippen LogP contribution in [0.4, 0.5) is 0 Å². The molecule has 0 amide bonds. The van der Waals surface area contributed by atoms with Crippen molar-refractivity contribution in [2.45, 2.75) is 0 Å². The molecule has 44 heavy (non-hydrogen) atoms. The smallest absolute Gasteiger partial charge is 0.0620 e. The van der Waals surface area contributed by atoms with Gasteiger partial charge in [-0.2, -0.15) is 0 Å². The predicted molar refractivity (Wildman–Crippen MR) is 194 cm³/mol. The van der Waals surface area contributed by atoms with Gasteiger partial charge < -0.3 is 0 Å². The molecule has 2 heteroatoms. The van der Waals surface area contributed by atoms with Gasteiger partial charge in [-0.25, -0.2) is 0 Å². The van der Waals surface area contributed by atoms with E-state index in [0.717, 1.165) is 0 Å². The van der Waals surface area contributed by atoms with E-state index in [-0.39, 0.29) is 0 Å². The zero-order valence-corrected chi connectivity index (χ0v) is 26.0. The van der Waals surface area contributed by atoms with Crippen LogP contribution in [0.25, 0.3) is 0 Å². The Kier molecular flexibility index (Phi) is 9.14. The number of benzene rings is 6. The van der Waals surface area contributed by atoms with E-state index < -0.39 is 14.5 Å². The number of hydrogen-bond acceptors (Lipinski definition) is 0. The SMILES string of the molecule is C(#CC#C[P+](c1ccccc1)(c1ccccc1)c1ccccc1)C#C[P+](c1ccccc1)(c1ccccc1)c1ccccc1. The Labute approximate surface area is 262 Å². The van der Waals surface area contributed by atoms with Crippen molar-refractivity contribution in [1.82, 2.24) is 0 Å². The van der Waals surface area contributed by atoms with E-state index in [4.69, 9.17) is 0 Å². The molecule has 0 aromatic heterocycles. The van der Waals surface area contributed by atoms with Gasteiger partial charge in [0.1, 0.15) is 43.2 Å². The molecule has 0 aliphatic carbocycles. The number of rotatable bonds is 6. The summed E-state index contributed by atoms with van der Waals surface area (Å²) in [7, 11) is -4.57. The van der Waals surface area contributed by atoms with E-state index in [1.807, 2.05) is 0 Å². The molecule has 0 radical (unpaired) electrons. The van der Waals surface area contributed by atoms with Crippen LogP contribution >= 0.6 is 14.5 Å². The van der Waals surface area contributed by atoms with Crippen LogP contribution in [0.15, 0.2) is 182 Å². The van der Waals surface area contributed by atoms with E-state index in [1.54, 1.807) is 0 Å². The van der Waals surface area contributed by atoms with Crippen molar-refractivity contribution in [2.24, 2.45) is 0 Å². The van der Waals surface area contributed by atoms with E-state index in [1.165, 1.54) is 31.8 Å². The van der Waals surface area contributed by atoms with Crippen LogP contribution in [-0.2, 0) is 0 Å². The molecule has 0 unspecified atom stereocenters. The molecule has 0 atom stereocenters. The summed E-state index contributed by atoms with van der Waals surface area (Å²) in [6.45, 7) is 0. The molecule has 0 saturated heterocycles. The molecule has 0 fully saturated rings. The second-order valence-electron chi connectivity index (χ2n) is 10.1. The third kappa shape index (κ3) is 5.87. The van der Waals surface area contributed by atoms with Crippen molar-refractivity contribution in [3.05, 3.63) is 182 Å². The van der Waals surface area contributed by atoms with Crippen LogP contribution < -0.4 is 31.8 Å². The van der Waals surface area contributed by atoms with Crippen molar-refractivity contribution in [3.63, 3.8) is 0 Å². The van der Waals surface area contributed by atoms with Crippen molar-refractivity contribution < 1.29 is 0 Å². The molecule has 0 aliphatic rings. The number of hydrogen-bond donors (Lipinski definition) is 0. The van der Waals surface area contributed by atoms with Gasteiger partial charge in [0.15, 0.2) is 14.5 Å². The maximum Gasteiger partial charge on any atom is 0.190 e.